The first-order valence-electron chi connectivity index (χ1n) is 9.00. The molecule has 1 aliphatic carbocycles. The summed E-state index contributed by atoms with van der Waals surface area (Å²) in [5.41, 5.74) is 1.89. The number of aromatic nitrogens is 1. The van der Waals surface area contributed by atoms with E-state index in [1.54, 1.807) is 0 Å². The second-order valence-corrected chi connectivity index (χ2v) is 6.66. The SMILES string of the molecule is CCNC(=NCC1(O)CCCC1)NCCc1c[nH]c2ccccc12.I. The average Bonchev–Trinajstić information content (AvgIpc) is 3.20. The van der Waals surface area contributed by atoms with Crippen LogP contribution in [0.4, 0.5) is 0 Å². The summed E-state index contributed by atoms with van der Waals surface area (Å²) in [5.74, 6) is 0.790. The smallest absolute Gasteiger partial charge is 0.191 e. The van der Waals surface area contributed by atoms with Gasteiger partial charge in [0.25, 0.3) is 0 Å². The van der Waals surface area contributed by atoms with Crippen molar-refractivity contribution < 1.29 is 5.11 Å². The molecule has 25 heavy (non-hydrogen) atoms. The number of para-hydroxylation sites is 1. The van der Waals surface area contributed by atoms with Crippen LogP contribution in [0, 0.1) is 0 Å². The van der Waals surface area contributed by atoms with Crippen molar-refractivity contribution in [2.24, 2.45) is 4.99 Å². The van der Waals surface area contributed by atoms with Gasteiger partial charge in [-0.15, -0.1) is 24.0 Å². The number of hydrogen-bond acceptors (Lipinski definition) is 2. The number of benzene rings is 1. The summed E-state index contributed by atoms with van der Waals surface area (Å²) >= 11 is 0. The number of hydrogen-bond donors (Lipinski definition) is 4. The van der Waals surface area contributed by atoms with Gasteiger partial charge in [0.1, 0.15) is 0 Å². The summed E-state index contributed by atoms with van der Waals surface area (Å²) in [7, 11) is 0. The highest BCUT2D eigenvalue weighted by Gasteiger charge is 2.30. The van der Waals surface area contributed by atoms with Crippen LogP contribution in [0.5, 0.6) is 0 Å². The van der Waals surface area contributed by atoms with Crippen molar-refractivity contribution >= 4 is 40.8 Å². The number of nitrogens with one attached hydrogen (secondary N) is 3. The molecule has 5 nitrogen and oxygen atoms in total. The second-order valence-electron chi connectivity index (χ2n) is 6.66. The number of fused-ring (bicyclic) bond motifs is 1. The van der Waals surface area contributed by atoms with Gasteiger partial charge >= 0.3 is 0 Å². The van der Waals surface area contributed by atoms with E-state index < -0.39 is 5.60 Å². The van der Waals surface area contributed by atoms with E-state index in [0.717, 1.165) is 51.2 Å². The van der Waals surface area contributed by atoms with E-state index in [-0.39, 0.29) is 24.0 Å². The highest BCUT2D eigenvalue weighted by atomic mass is 127. The number of nitrogens with zero attached hydrogens (tertiary/aromatic N) is 1. The first-order chi connectivity index (χ1) is 11.7. The number of aromatic amines is 1. The lowest BCUT2D eigenvalue weighted by Gasteiger charge is -2.20. The Labute approximate surface area is 166 Å². The standard InChI is InChI=1S/C19H28N4O.HI/c1-2-20-18(23-14-19(24)10-5-6-11-19)21-12-9-15-13-22-17-8-4-3-7-16(15)17;/h3-4,7-8,13,22,24H,2,5-6,9-12,14H2,1H3,(H2,20,21,23);1H. The molecule has 1 aromatic carbocycles. The van der Waals surface area contributed by atoms with Gasteiger partial charge in [-0.05, 0) is 37.8 Å². The van der Waals surface area contributed by atoms with Crippen molar-refractivity contribution in [1.29, 1.82) is 0 Å². The maximum Gasteiger partial charge on any atom is 0.191 e. The summed E-state index contributed by atoms with van der Waals surface area (Å²) < 4.78 is 0. The minimum atomic E-state index is -0.598. The molecule has 1 fully saturated rings. The minimum Gasteiger partial charge on any atom is -0.388 e. The first-order valence-corrected chi connectivity index (χ1v) is 9.00. The number of halogens is 1. The Bertz CT molecular complexity index is 692. The highest BCUT2D eigenvalue weighted by molar-refractivity contribution is 14.0. The molecule has 3 rings (SSSR count). The van der Waals surface area contributed by atoms with Gasteiger partial charge in [0.15, 0.2) is 5.96 Å². The van der Waals surface area contributed by atoms with Crippen LogP contribution in [0.1, 0.15) is 38.2 Å². The average molecular weight is 456 g/mol. The summed E-state index contributed by atoms with van der Waals surface area (Å²) in [4.78, 5) is 7.90. The predicted molar refractivity (Wildman–Crippen MR) is 115 cm³/mol. The van der Waals surface area contributed by atoms with Crippen molar-refractivity contribution in [2.45, 2.75) is 44.6 Å². The number of aliphatic hydroxyl groups is 1. The number of H-pyrrole nitrogens is 1. The highest BCUT2D eigenvalue weighted by Crippen LogP contribution is 2.29. The number of guanidine groups is 1. The second kappa shape index (κ2) is 9.43. The van der Waals surface area contributed by atoms with Gasteiger partial charge in [-0.25, -0.2) is 0 Å². The molecule has 0 saturated heterocycles. The van der Waals surface area contributed by atoms with Gasteiger partial charge in [0.2, 0.25) is 0 Å². The molecule has 1 heterocycles. The van der Waals surface area contributed by atoms with Crippen molar-refractivity contribution in [1.82, 2.24) is 15.6 Å². The fourth-order valence-electron chi connectivity index (χ4n) is 3.41. The van der Waals surface area contributed by atoms with Crippen LogP contribution >= 0.6 is 24.0 Å². The van der Waals surface area contributed by atoms with E-state index in [4.69, 9.17) is 0 Å². The van der Waals surface area contributed by atoms with E-state index >= 15 is 0 Å². The number of aliphatic imine (C=N–C) groups is 1. The van der Waals surface area contributed by atoms with Crippen LogP contribution in [0.15, 0.2) is 35.5 Å². The normalized spacial score (nSPS) is 16.6. The molecular formula is C19H29IN4O. The molecule has 0 radical (unpaired) electrons. The Morgan fingerprint density at radius 1 is 1.24 bits per heavy atom. The molecule has 0 spiro atoms. The zero-order valence-corrected chi connectivity index (χ0v) is 17.2. The molecule has 0 atom stereocenters. The molecule has 1 saturated carbocycles. The molecule has 0 aliphatic heterocycles. The van der Waals surface area contributed by atoms with Gasteiger partial charge in [-0.3, -0.25) is 4.99 Å². The van der Waals surface area contributed by atoms with Gasteiger partial charge in [-0.2, -0.15) is 0 Å². The Morgan fingerprint density at radius 2 is 2.00 bits per heavy atom. The Morgan fingerprint density at radius 3 is 2.76 bits per heavy atom. The Balaban J connectivity index is 0.00000225. The summed E-state index contributed by atoms with van der Waals surface area (Å²) in [6, 6.07) is 8.36. The molecule has 138 valence electrons. The lowest BCUT2D eigenvalue weighted by molar-refractivity contribution is 0.0574. The lowest BCUT2D eigenvalue weighted by atomic mass is 10.0. The topological polar surface area (TPSA) is 72.4 Å². The quantitative estimate of drug-likeness (QED) is 0.307. The van der Waals surface area contributed by atoms with E-state index in [1.807, 2.05) is 6.07 Å². The third kappa shape index (κ3) is 5.34. The monoisotopic (exact) mass is 456 g/mol. The molecule has 2 aromatic rings. The number of rotatable bonds is 6. The van der Waals surface area contributed by atoms with Crippen molar-refractivity contribution in [2.75, 3.05) is 19.6 Å². The lowest BCUT2D eigenvalue weighted by Crippen LogP contribution is -2.40. The van der Waals surface area contributed by atoms with Crippen LogP contribution in [0.2, 0.25) is 0 Å². The molecule has 0 bridgehead atoms. The Kier molecular flexibility index (Phi) is 7.56. The zero-order chi connectivity index (χ0) is 16.8. The maximum absolute atomic E-state index is 10.4. The van der Waals surface area contributed by atoms with Gasteiger partial charge in [-0.1, -0.05) is 31.0 Å². The molecule has 0 unspecified atom stereocenters. The molecule has 4 N–H and O–H groups in total. The van der Waals surface area contributed by atoms with Gasteiger partial charge < -0.3 is 20.7 Å². The van der Waals surface area contributed by atoms with Crippen molar-refractivity contribution in [3.8, 4) is 0 Å². The summed E-state index contributed by atoms with van der Waals surface area (Å²) in [5, 5.41) is 18.4. The van der Waals surface area contributed by atoms with Crippen molar-refractivity contribution in [3.05, 3.63) is 36.0 Å². The van der Waals surface area contributed by atoms with Crippen LogP contribution in [0.25, 0.3) is 10.9 Å². The van der Waals surface area contributed by atoms with Gasteiger partial charge in [0.05, 0.1) is 12.1 Å². The predicted octanol–water partition coefficient (Wildman–Crippen LogP) is 3.19. The Hall–Kier alpha value is -1.28. The largest absolute Gasteiger partial charge is 0.388 e. The van der Waals surface area contributed by atoms with Crippen LogP contribution in [0.3, 0.4) is 0 Å². The molecular weight excluding hydrogens is 427 g/mol. The van der Waals surface area contributed by atoms with Crippen LogP contribution in [-0.4, -0.2) is 41.3 Å². The van der Waals surface area contributed by atoms with E-state index in [1.165, 1.54) is 16.5 Å². The van der Waals surface area contributed by atoms with Crippen LogP contribution < -0.4 is 10.6 Å². The van der Waals surface area contributed by atoms with Crippen molar-refractivity contribution in [3.63, 3.8) is 0 Å². The third-order valence-electron chi connectivity index (χ3n) is 4.77. The fourth-order valence-corrected chi connectivity index (χ4v) is 3.41. The fraction of sp³-hybridized carbons (Fsp3) is 0.526. The van der Waals surface area contributed by atoms with Crippen LogP contribution in [-0.2, 0) is 6.42 Å². The zero-order valence-electron chi connectivity index (χ0n) is 14.8. The third-order valence-corrected chi connectivity index (χ3v) is 4.77. The molecule has 1 aliphatic rings. The molecule has 1 aromatic heterocycles. The maximum atomic E-state index is 10.4. The molecule has 6 heteroatoms. The minimum absolute atomic E-state index is 0. The first kappa shape index (κ1) is 20.0. The van der Waals surface area contributed by atoms with E-state index in [9.17, 15) is 5.11 Å². The molecule has 0 amide bonds. The van der Waals surface area contributed by atoms with Gasteiger partial charge in [0, 0.05) is 30.2 Å². The summed E-state index contributed by atoms with van der Waals surface area (Å²) in [6.45, 7) is 4.17. The van der Waals surface area contributed by atoms with E-state index in [0.29, 0.717) is 6.54 Å². The van der Waals surface area contributed by atoms with E-state index in [2.05, 4.69) is 51.9 Å². The summed E-state index contributed by atoms with van der Waals surface area (Å²) in [6.07, 6.45) is 6.96.